The van der Waals surface area contributed by atoms with Gasteiger partial charge in [-0.15, -0.1) is 11.3 Å². The van der Waals surface area contributed by atoms with Crippen molar-refractivity contribution in [3.05, 3.63) is 17.4 Å². The molecular formula is C5H4I2S. The Kier molecular flexibility index (Phi) is 2.57. The molecule has 44 valence electrons. The zero-order valence-corrected chi connectivity index (χ0v) is 9.37. The summed E-state index contributed by atoms with van der Waals surface area (Å²) >= 11 is 6.55. The quantitative estimate of drug-likeness (QED) is 0.631. The van der Waals surface area contributed by atoms with Gasteiger partial charge in [-0.25, -0.2) is 0 Å². The lowest BCUT2D eigenvalue weighted by atomic mass is 10.5. The molecule has 0 aromatic carbocycles. The van der Waals surface area contributed by atoms with Crippen LogP contribution in [-0.2, 0) is 0 Å². The summed E-state index contributed by atoms with van der Waals surface area (Å²) < 4.78 is 2.78. The molecule has 0 aliphatic rings. The third-order valence-electron chi connectivity index (χ3n) is 0.768. The van der Waals surface area contributed by atoms with Crippen LogP contribution in [0.3, 0.4) is 0 Å². The van der Waals surface area contributed by atoms with E-state index in [2.05, 4.69) is 58.2 Å². The van der Waals surface area contributed by atoms with Gasteiger partial charge in [-0.3, -0.25) is 0 Å². The number of thiophene rings is 1. The van der Waals surface area contributed by atoms with Crippen molar-refractivity contribution < 1.29 is 0 Å². The van der Waals surface area contributed by atoms with Gasteiger partial charge in [0.05, 0.1) is 2.88 Å². The molecule has 0 nitrogen and oxygen atoms in total. The summed E-state index contributed by atoms with van der Waals surface area (Å²) in [6, 6.07) is 2.20. The largest absolute Gasteiger partial charge is 0.133 e. The first-order valence-electron chi connectivity index (χ1n) is 2.11. The molecule has 0 aliphatic heterocycles. The molecule has 1 aromatic rings. The highest BCUT2D eigenvalue weighted by atomic mass is 127. The van der Waals surface area contributed by atoms with Gasteiger partial charge < -0.3 is 0 Å². The molecule has 8 heavy (non-hydrogen) atoms. The number of hydrogen-bond acceptors (Lipinski definition) is 1. The lowest BCUT2D eigenvalue weighted by molar-refractivity contribution is 1.62. The van der Waals surface area contributed by atoms with Crippen LogP contribution >= 0.6 is 56.5 Å². The second kappa shape index (κ2) is 2.83. The van der Waals surface area contributed by atoms with Crippen LogP contribution in [0, 0.1) is 13.4 Å². The number of rotatable bonds is 0. The minimum Gasteiger partial charge on any atom is -0.133 e. The van der Waals surface area contributed by atoms with Crippen LogP contribution in [0.5, 0.6) is 0 Å². The number of aryl methyl sites for hydroxylation is 1. The minimum atomic E-state index is 1.38. The van der Waals surface area contributed by atoms with Gasteiger partial charge in [0, 0.05) is 8.45 Å². The Morgan fingerprint density at radius 3 is 2.25 bits per heavy atom. The Bertz CT molecular complexity index is 173. The molecule has 3 heteroatoms. The highest BCUT2D eigenvalue weighted by molar-refractivity contribution is 14.1. The van der Waals surface area contributed by atoms with E-state index in [-0.39, 0.29) is 0 Å². The van der Waals surface area contributed by atoms with Crippen molar-refractivity contribution in [1.82, 2.24) is 0 Å². The first-order chi connectivity index (χ1) is 3.70. The maximum atomic E-state index is 2.36. The molecule has 0 fully saturated rings. The van der Waals surface area contributed by atoms with Crippen molar-refractivity contribution in [2.45, 2.75) is 6.92 Å². The summed E-state index contributed by atoms with van der Waals surface area (Å²) in [6.45, 7) is 2.13. The maximum Gasteiger partial charge on any atom is 0.0789 e. The Morgan fingerprint density at radius 2 is 2.12 bits per heavy atom. The molecule has 0 saturated heterocycles. The normalized spacial score (nSPS) is 9.88. The SMILES string of the molecule is Cc1cc(I)c(I)s1. The van der Waals surface area contributed by atoms with Crippen LogP contribution in [0.2, 0.25) is 0 Å². The molecule has 0 unspecified atom stereocenters. The molecule has 0 amide bonds. The highest BCUT2D eigenvalue weighted by Gasteiger charge is 1.97. The van der Waals surface area contributed by atoms with Gasteiger partial charge in [0.25, 0.3) is 0 Å². The summed E-state index contributed by atoms with van der Waals surface area (Å²) in [5.74, 6) is 0. The zero-order valence-electron chi connectivity index (χ0n) is 4.24. The lowest BCUT2D eigenvalue weighted by Gasteiger charge is -1.74. The molecule has 0 spiro atoms. The fraction of sp³-hybridized carbons (Fsp3) is 0.200. The second-order valence-corrected chi connectivity index (χ2v) is 5.71. The summed E-state index contributed by atoms with van der Waals surface area (Å²) in [6.07, 6.45) is 0. The van der Waals surface area contributed by atoms with Crippen LogP contribution < -0.4 is 0 Å². The second-order valence-electron chi connectivity index (χ2n) is 1.48. The third-order valence-corrected chi connectivity index (χ3v) is 5.10. The van der Waals surface area contributed by atoms with E-state index in [0.29, 0.717) is 0 Å². The predicted molar refractivity (Wildman–Crippen MR) is 54.5 cm³/mol. The van der Waals surface area contributed by atoms with E-state index in [1.165, 1.54) is 11.3 Å². The third kappa shape index (κ3) is 1.57. The van der Waals surface area contributed by atoms with E-state index in [1.54, 1.807) is 0 Å². The molecule has 0 radical (unpaired) electrons. The highest BCUT2D eigenvalue weighted by Crippen LogP contribution is 2.24. The summed E-state index contributed by atoms with van der Waals surface area (Å²) in [5.41, 5.74) is 0. The van der Waals surface area contributed by atoms with Crippen molar-refractivity contribution >= 4 is 56.5 Å². The topological polar surface area (TPSA) is 0 Å². The van der Waals surface area contributed by atoms with Crippen LogP contribution in [0.15, 0.2) is 6.07 Å². The maximum absolute atomic E-state index is 2.36. The first-order valence-corrected chi connectivity index (χ1v) is 5.09. The predicted octanol–water partition coefficient (Wildman–Crippen LogP) is 3.27. The molecule has 0 aliphatic carbocycles. The fourth-order valence-corrected chi connectivity index (χ4v) is 3.28. The average Bonchev–Trinajstić information content (AvgIpc) is 1.85. The van der Waals surface area contributed by atoms with Crippen molar-refractivity contribution in [3.8, 4) is 0 Å². The van der Waals surface area contributed by atoms with E-state index in [9.17, 15) is 0 Å². The standard InChI is InChI=1S/C5H4I2S/c1-3-2-4(6)5(7)8-3/h2H,1H3. The Morgan fingerprint density at radius 1 is 1.50 bits per heavy atom. The smallest absolute Gasteiger partial charge is 0.0789 e. The Labute approximate surface area is 80.0 Å². The van der Waals surface area contributed by atoms with Crippen molar-refractivity contribution in [3.63, 3.8) is 0 Å². The van der Waals surface area contributed by atoms with Gasteiger partial charge in [-0.1, -0.05) is 0 Å². The molecule has 0 atom stereocenters. The van der Waals surface area contributed by atoms with Gasteiger partial charge in [0.15, 0.2) is 0 Å². The number of halogens is 2. The molecule has 1 heterocycles. The molecule has 0 bridgehead atoms. The van der Waals surface area contributed by atoms with Crippen LogP contribution in [0.4, 0.5) is 0 Å². The monoisotopic (exact) mass is 350 g/mol. The van der Waals surface area contributed by atoms with E-state index in [1.807, 2.05) is 11.3 Å². The fourth-order valence-electron chi connectivity index (χ4n) is 0.455. The van der Waals surface area contributed by atoms with Gasteiger partial charge in [-0.05, 0) is 58.2 Å². The molecule has 0 N–H and O–H groups in total. The zero-order chi connectivity index (χ0) is 6.15. The first kappa shape index (κ1) is 7.27. The van der Waals surface area contributed by atoms with Crippen LogP contribution in [-0.4, -0.2) is 0 Å². The van der Waals surface area contributed by atoms with Crippen molar-refractivity contribution in [2.75, 3.05) is 0 Å². The summed E-state index contributed by atoms with van der Waals surface area (Å²) in [4.78, 5) is 1.40. The lowest BCUT2D eigenvalue weighted by Crippen LogP contribution is -1.58. The van der Waals surface area contributed by atoms with Gasteiger partial charge in [0.2, 0.25) is 0 Å². The van der Waals surface area contributed by atoms with Crippen molar-refractivity contribution in [2.24, 2.45) is 0 Å². The van der Waals surface area contributed by atoms with Crippen LogP contribution in [0.25, 0.3) is 0 Å². The molecule has 0 saturated carbocycles. The van der Waals surface area contributed by atoms with E-state index < -0.39 is 0 Å². The summed E-state index contributed by atoms with van der Waals surface area (Å²) in [5, 5.41) is 0. The Balaban J connectivity index is 3.14. The van der Waals surface area contributed by atoms with E-state index in [4.69, 9.17) is 0 Å². The minimum absolute atomic E-state index is 1.38. The summed E-state index contributed by atoms with van der Waals surface area (Å²) in [7, 11) is 0. The van der Waals surface area contributed by atoms with Crippen LogP contribution in [0.1, 0.15) is 4.88 Å². The molecule has 1 rings (SSSR count). The van der Waals surface area contributed by atoms with E-state index in [0.717, 1.165) is 0 Å². The number of hydrogen-bond donors (Lipinski definition) is 0. The van der Waals surface area contributed by atoms with E-state index >= 15 is 0 Å². The Hall–Kier alpha value is 1.16. The van der Waals surface area contributed by atoms with Crippen molar-refractivity contribution in [1.29, 1.82) is 0 Å². The van der Waals surface area contributed by atoms with Gasteiger partial charge >= 0.3 is 0 Å². The average molecular weight is 350 g/mol. The molecular weight excluding hydrogens is 346 g/mol. The molecule has 1 aromatic heterocycles. The van der Waals surface area contributed by atoms with Gasteiger partial charge in [0.1, 0.15) is 0 Å². The van der Waals surface area contributed by atoms with Gasteiger partial charge in [-0.2, -0.15) is 0 Å².